The van der Waals surface area contributed by atoms with Gasteiger partial charge < -0.3 is 9.80 Å². The molecule has 1 fully saturated rings. The highest BCUT2D eigenvalue weighted by molar-refractivity contribution is 6.04. The van der Waals surface area contributed by atoms with Gasteiger partial charge in [0.25, 0.3) is 5.91 Å². The minimum Gasteiger partial charge on any atom is -0.339 e. The van der Waals surface area contributed by atoms with Crippen LogP contribution >= 0.6 is 0 Å². The van der Waals surface area contributed by atoms with E-state index < -0.39 is 0 Å². The summed E-state index contributed by atoms with van der Waals surface area (Å²) in [5.74, 6) is -0.0157. The summed E-state index contributed by atoms with van der Waals surface area (Å²) in [6.07, 6.45) is 0. The average molecular weight is 286 g/mol. The fourth-order valence-electron chi connectivity index (χ4n) is 2.67. The quantitative estimate of drug-likeness (QED) is 0.855. The van der Waals surface area contributed by atoms with Crippen LogP contribution < -0.4 is 0 Å². The van der Waals surface area contributed by atoms with E-state index in [1.165, 1.54) is 0 Å². The van der Waals surface area contributed by atoms with Gasteiger partial charge in [-0.05, 0) is 19.1 Å². The first-order valence-corrected chi connectivity index (χ1v) is 7.06. The lowest BCUT2D eigenvalue weighted by molar-refractivity contribution is -0.130. The van der Waals surface area contributed by atoms with E-state index >= 15 is 0 Å². The van der Waals surface area contributed by atoms with Crippen LogP contribution in [0.5, 0.6) is 0 Å². The standard InChI is InChI=1S/C15H18N4O2/c1-10-3-4-13-12(9-10)14(17-16-13)15(21)19-7-5-18(6-8-19)11(2)20/h3-4,9H,5-8H2,1-2H3,(H,16,17). The molecule has 1 aliphatic rings. The fourth-order valence-corrected chi connectivity index (χ4v) is 2.67. The molecule has 110 valence electrons. The van der Waals surface area contributed by atoms with Crippen molar-refractivity contribution in [2.45, 2.75) is 13.8 Å². The molecular formula is C15H18N4O2. The highest BCUT2D eigenvalue weighted by Gasteiger charge is 2.25. The number of H-pyrrole nitrogens is 1. The Morgan fingerprint density at radius 3 is 2.48 bits per heavy atom. The number of aryl methyl sites for hydroxylation is 1. The number of piperazine rings is 1. The van der Waals surface area contributed by atoms with Crippen molar-refractivity contribution in [3.8, 4) is 0 Å². The van der Waals surface area contributed by atoms with Gasteiger partial charge in [0.2, 0.25) is 5.91 Å². The van der Waals surface area contributed by atoms with E-state index in [0.717, 1.165) is 16.5 Å². The summed E-state index contributed by atoms with van der Waals surface area (Å²) in [7, 11) is 0. The zero-order valence-electron chi connectivity index (χ0n) is 12.2. The molecule has 2 aromatic rings. The van der Waals surface area contributed by atoms with Gasteiger partial charge in [-0.2, -0.15) is 5.10 Å². The van der Waals surface area contributed by atoms with Gasteiger partial charge in [0, 0.05) is 38.5 Å². The zero-order valence-corrected chi connectivity index (χ0v) is 12.2. The number of hydrogen-bond donors (Lipinski definition) is 1. The summed E-state index contributed by atoms with van der Waals surface area (Å²) in [5, 5.41) is 7.92. The average Bonchev–Trinajstić information content (AvgIpc) is 2.89. The SMILES string of the molecule is CC(=O)N1CCN(C(=O)c2n[nH]c3ccc(C)cc23)CC1. The van der Waals surface area contributed by atoms with Crippen molar-refractivity contribution in [3.05, 3.63) is 29.5 Å². The minimum absolute atomic E-state index is 0.0583. The van der Waals surface area contributed by atoms with E-state index in [0.29, 0.717) is 31.9 Å². The number of fused-ring (bicyclic) bond motifs is 1. The first-order chi connectivity index (χ1) is 10.1. The number of rotatable bonds is 1. The molecule has 0 unspecified atom stereocenters. The van der Waals surface area contributed by atoms with Crippen LogP contribution in [-0.2, 0) is 4.79 Å². The lowest BCUT2D eigenvalue weighted by Gasteiger charge is -2.33. The maximum Gasteiger partial charge on any atom is 0.275 e. The van der Waals surface area contributed by atoms with Crippen LogP contribution in [0.1, 0.15) is 23.0 Å². The Bertz CT molecular complexity index is 699. The second-order valence-corrected chi connectivity index (χ2v) is 5.42. The molecular weight excluding hydrogens is 268 g/mol. The van der Waals surface area contributed by atoms with E-state index in [-0.39, 0.29) is 11.8 Å². The maximum atomic E-state index is 12.6. The Balaban J connectivity index is 1.82. The van der Waals surface area contributed by atoms with E-state index in [1.54, 1.807) is 16.7 Å². The second kappa shape index (κ2) is 5.20. The number of amides is 2. The smallest absolute Gasteiger partial charge is 0.275 e. The number of nitrogens with zero attached hydrogens (tertiary/aromatic N) is 3. The molecule has 1 aromatic heterocycles. The van der Waals surface area contributed by atoms with Crippen LogP contribution in [0.3, 0.4) is 0 Å². The number of aromatic nitrogens is 2. The molecule has 2 amide bonds. The van der Waals surface area contributed by atoms with E-state index in [9.17, 15) is 9.59 Å². The molecule has 0 radical (unpaired) electrons. The molecule has 21 heavy (non-hydrogen) atoms. The third kappa shape index (κ3) is 2.49. The van der Waals surface area contributed by atoms with Crippen LogP contribution in [0, 0.1) is 6.92 Å². The predicted molar refractivity (Wildman–Crippen MR) is 79.0 cm³/mol. The van der Waals surface area contributed by atoms with Gasteiger partial charge in [-0.25, -0.2) is 0 Å². The van der Waals surface area contributed by atoms with Crippen LogP contribution in [0.4, 0.5) is 0 Å². The highest BCUT2D eigenvalue weighted by atomic mass is 16.2. The van der Waals surface area contributed by atoms with Crippen molar-refractivity contribution < 1.29 is 9.59 Å². The second-order valence-electron chi connectivity index (χ2n) is 5.42. The Kier molecular flexibility index (Phi) is 3.37. The fraction of sp³-hybridized carbons (Fsp3) is 0.400. The van der Waals surface area contributed by atoms with E-state index in [2.05, 4.69) is 10.2 Å². The van der Waals surface area contributed by atoms with Crippen molar-refractivity contribution in [2.75, 3.05) is 26.2 Å². The third-order valence-electron chi connectivity index (χ3n) is 3.93. The predicted octanol–water partition coefficient (Wildman–Crippen LogP) is 1.18. The van der Waals surface area contributed by atoms with Crippen molar-refractivity contribution in [2.24, 2.45) is 0 Å². The molecule has 0 atom stereocenters. The summed E-state index contributed by atoms with van der Waals surface area (Å²) < 4.78 is 0. The molecule has 1 aliphatic heterocycles. The Labute approximate surface area is 122 Å². The summed E-state index contributed by atoms with van der Waals surface area (Å²) in [6, 6.07) is 5.89. The minimum atomic E-state index is -0.0740. The van der Waals surface area contributed by atoms with Crippen molar-refractivity contribution in [1.29, 1.82) is 0 Å². The van der Waals surface area contributed by atoms with Crippen LogP contribution in [-0.4, -0.2) is 58.0 Å². The Morgan fingerprint density at radius 1 is 1.14 bits per heavy atom. The molecule has 0 spiro atoms. The summed E-state index contributed by atoms with van der Waals surface area (Å²) in [4.78, 5) is 27.4. The molecule has 1 N–H and O–H groups in total. The van der Waals surface area contributed by atoms with Gasteiger partial charge in [0.1, 0.15) is 0 Å². The third-order valence-corrected chi connectivity index (χ3v) is 3.93. The molecule has 1 aromatic carbocycles. The molecule has 1 saturated heterocycles. The number of benzene rings is 1. The van der Waals surface area contributed by atoms with Crippen molar-refractivity contribution >= 4 is 22.7 Å². The first kappa shape index (κ1) is 13.6. The molecule has 6 nitrogen and oxygen atoms in total. The number of nitrogens with one attached hydrogen (secondary N) is 1. The van der Waals surface area contributed by atoms with Crippen molar-refractivity contribution in [1.82, 2.24) is 20.0 Å². The van der Waals surface area contributed by atoms with Crippen LogP contribution in [0.15, 0.2) is 18.2 Å². The summed E-state index contributed by atoms with van der Waals surface area (Å²) >= 11 is 0. The largest absolute Gasteiger partial charge is 0.339 e. The van der Waals surface area contributed by atoms with Gasteiger partial charge in [-0.1, -0.05) is 11.6 Å². The topological polar surface area (TPSA) is 69.3 Å². The molecule has 0 aliphatic carbocycles. The molecule has 3 rings (SSSR count). The molecule has 0 bridgehead atoms. The van der Waals surface area contributed by atoms with Gasteiger partial charge in [-0.3, -0.25) is 14.7 Å². The number of carbonyl (C=O) groups excluding carboxylic acids is 2. The molecule has 0 saturated carbocycles. The lowest BCUT2D eigenvalue weighted by atomic mass is 10.1. The van der Waals surface area contributed by atoms with E-state index in [4.69, 9.17) is 0 Å². The van der Waals surface area contributed by atoms with E-state index in [1.807, 2.05) is 25.1 Å². The van der Waals surface area contributed by atoms with Crippen LogP contribution in [0.25, 0.3) is 10.9 Å². The number of carbonyl (C=O) groups is 2. The zero-order chi connectivity index (χ0) is 15.0. The van der Waals surface area contributed by atoms with Gasteiger partial charge in [-0.15, -0.1) is 0 Å². The van der Waals surface area contributed by atoms with Crippen molar-refractivity contribution in [3.63, 3.8) is 0 Å². The first-order valence-electron chi connectivity index (χ1n) is 7.06. The lowest BCUT2D eigenvalue weighted by Crippen LogP contribution is -2.50. The van der Waals surface area contributed by atoms with Gasteiger partial charge in [0.15, 0.2) is 5.69 Å². The summed E-state index contributed by atoms with van der Waals surface area (Å²) in [5.41, 5.74) is 2.43. The number of aromatic amines is 1. The summed E-state index contributed by atoms with van der Waals surface area (Å²) in [6.45, 7) is 5.83. The molecule has 2 heterocycles. The van der Waals surface area contributed by atoms with Gasteiger partial charge in [0.05, 0.1) is 5.52 Å². The van der Waals surface area contributed by atoms with Crippen LogP contribution in [0.2, 0.25) is 0 Å². The monoisotopic (exact) mass is 286 g/mol. The highest BCUT2D eigenvalue weighted by Crippen LogP contribution is 2.19. The molecule has 6 heteroatoms. The number of hydrogen-bond acceptors (Lipinski definition) is 3. The maximum absolute atomic E-state index is 12.6. The van der Waals surface area contributed by atoms with Gasteiger partial charge >= 0.3 is 0 Å². The normalized spacial score (nSPS) is 15.5. The Hall–Kier alpha value is -2.37. The Morgan fingerprint density at radius 2 is 1.81 bits per heavy atom.